The second-order valence-electron chi connectivity index (χ2n) is 16.4. The zero-order valence-corrected chi connectivity index (χ0v) is 42.0. The van der Waals surface area contributed by atoms with Crippen LogP contribution in [0.25, 0.3) is 0 Å². The molecule has 22 nitrogen and oxygen atoms in total. The highest BCUT2D eigenvalue weighted by atomic mass is 16.6. The number of carbonyl (C=O) groups excluding carboxylic acids is 6. The summed E-state index contributed by atoms with van der Waals surface area (Å²) in [6.45, 7) is 6.90. The molecule has 406 valence electrons. The molecule has 0 saturated heterocycles. The fraction of sp³-hybridized carbons (Fsp3) is 0.569. The summed E-state index contributed by atoms with van der Waals surface area (Å²) in [6.07, 6.45) is 1.59. The van der Waals surface area contributed by atoms with Gasteiger partial charge in [0.1, 0.15) is 43.5 Å². The molecular weight excluding hydrogens is 959 g/mol. The second kappa shape index (κ2) is 38.8. The van der Waals surface area contributed by atoms with Crippen molar-refractivity contribution in [2.45, 2.75) is 103 Å². The molecular formula is C51H73N3O19. The summed E-state index contributed by atoms with van der Waals surface area (Å²) < 4.78 is 49.8. The third-order valence-electron chi connectivity index (χ3n) is 10.3. The van der Waals surface area contributed by atoms with E-state index in [4.69, 9.17) is 48.1 Å². The van der Waals surface area contributed by atoms with Crippen molar-refractivity contribution in [3.05, 3.63) is 71.8 Å². The Morgan fingerprint density at radius 1 is 0.507 bits per heavy atom. The molecule has 0 bridgehead atoms. The molecule has 0 aliphatic rings. The molecule has 5 N–H and O–H groups in total. The van der Waals surface area contributed by atoms with Crippen LogP contribution >= 0.6 is 0 Å². The minimum atomic E-state index is -0.958. The van der Waals surface area contributed by atoms with Gasteiger partial charge in [-0.05, 0) is 94.0 Å². The van der Waals surface area contributed by atoms with Crippen molar-refractivity contribution in [3.63, 3.8) is 0 Å². The van der Waals surface area contributed by atoms with Crippen LogP contribution in [-0.4, -0.2) is 156 Å². The molecule has 0 aliphatic carbocycles. The summed E-state index contributed by atoms with van der Waals surface area (Å²) in [5, 5.41) is 25.5. The number of benzene rings is 2. The zero-order valence-electron chi connectivity index (χ0n) is 42.0. The van der Waals surface area contributed by atoms with Crippen LogP contribution in [0.5, 0.6) is 11.5 Å². The van der Waals surface area contributed by atoms with Crippen molar-refractivity contribution in [1.82, 2.24) is 16.0 Å². The standard InChI is InChI=1S/C51H73N3O19/c1-37(2)48(61)71-30-27-54-51(64)73-43(36-68-32-34-70-41-22-18-39(19-23-41)45(56)13-9-15-47(59)60)24-29-66-28-10-11-42(72-50(63)53-26-7-5-4-6-25-52-49(62)65-3)35-67-31-33-69-40-20-16-38(17-21-40)44(55)12-8-14-46(57)58/h16-23,42-43H,1,4-15,24-36H2,2-3H3,(H,52,62)(H,53,63)(H,54,64)(H,57,58)(H,59,60). The normalized spacial score (nSPS) is 11.5. The van der Waals surface area contributed by atoms with E-state index in [9.17, 15) is 38.4 Å². The molecule has 3 amide bonds. The predicted octanol–water partition coefficient (Wildman–Crippen LogP) is 6.47. The number of rotatable bonds is 42. The van der Waals surface area contributed by atoms with E-state index in [1.54, 1.807) is 48.5 Å². The predicted molar refractivity (Wildman–Crippen MR) is 263 cm³/mol. The lowest BCUT2D eigenvalue weighted by Gasteiger charge is -2.20. The van der Waals surface area contributed by atoms with E-state index in [1.165, 1.54) is 14.0 Å². The number of carboxylic acid groups (broad SMARTS) is 2. The van der Waals surface area contributed by atoms with Gasteiger partial charge in [0, 0.05) is 68.5 Å². The molecule has 2 rings (SSSR count). The third kappa shape index (κ3) is 32.0. The number of esters is 1. The third-order valence-corrected chi connectivity index (χ3v) is 10.3. The molecule has 2 aromatic rings. The van der Waals surface area contributed by atoms with Crippen LogP contribution in [0.15, 0.2) is 60.7 Å². The lowest BCUT2D eigenvalue weighted by Crippen LogP contribution is -2.34. The second-order valence-corrected chi connectivity index (χ2v) is 16.4. The first kappa shape index (κ1) is 62.3. The Bertz CT molecular complexity index is 1980. The van der Waals surface area contributed by atoms with Gasteiger partial charge in [0.2, 0.25) is 0 Å². The first-order chi connectivity index (χ1) is 35.2. The van der Waals surface area contributed by atoms with Crippen molar-refractivity contribution < 1.29 is 91.2 Å². The molecule has 0 aromatic heterocycles. The van der Waals surface area contributed by atoms with E-state index < -0.39 is 48.4 Å². The highest BCUT2D eigenvalue weighted by molar-refractivity contribution is 5.96. The topological polar surface area (TPSA) is 296 Å². The molecule has 0 aliphatic heterocycles. The maximum atomic E-state index is 12.8. The van der Waals surface area contributed by atoms with Crippen LogP contribution in [-0.2, 0) is 47.5 Å². The van der Waals surface area contributed by atoms with E-state index in [2.05, 4.69) is 27.3 Å². The van der Waals surface area contributed by atoms with Gasteiger partial charge in [-0.2, -0.15) is 0 Å². The van der Waals surface area contributed by atoms with Gasteiger partial charge in [0.05, 0.1) is 46.7 Å². The van der Waals surface area contributed by atoms with Crippen molar-refractivity contribution in [1.29, 1.82) is 0 Å². The summed E-state index contributed by atoms with van der Waals surface area (Å²) in [7, 11) is 1.30. The number of carbonyl (C=O) groups is 8. The Kier molecular flexibility index (Phi) is 33.2. The molecule has 2 atom stereocenters. The first-order valence-electron chi connectivity index (χ1n) is 24.4. The van der Waals surface area contributed by atoms with Gasteiger partial charge in [0.25, 0.3) is 0 Å². The molecule has 0 fully saturated rings. The van der Waals surface area contributed by atoms with Gasteiger partial charge < -0.3 is 68.8 Å². The SMILES string of the molecule is C=C(C)C(=O)OCCNC(=O)OC(CCOCCCC(COCCOc1ccc(C(=O)CCCC(=O)O)cc1)OC(=O)NCCCCCCNC(=O)OC)COCCOc1ccc(C(=O)CCCC(=O)O)cc1. The fourth-order valence-corrected chi connectivity index (χ4v) is 6.37. The number of alkyl carbamates (subject to hydrolysis) is 3. The van der Waals surface area contributed by atoms with Crippen LogP contribution in [0.2, 0.25) is 0 Å². The van der Waals surface area contributed by atoms with Gasteiger partial charge in [0.15, 0.2) is 11.6 Å². The van der Waals surface area contributed by atoms with E-state index in [1.807, 2.05) is 0 Å². The number of aliphatic carboxylic acids is 2. The summed E-state index contributed by atoms with van der Waals surface area (Å²) in [5.74, 6) is -1.83. The lowest BCUT2D eigenvalue weighted by atomic mass is 10.1. The minimum Gasteiger partial charge on any atom is -0.491 e. The number of methoxy groups -OCH3 is 1. The fourth-order valence-electron chi connectivity index (χ4n) is 6.37. The number of Topliss-reactive ketones (excluding diaryl/α,β-unsaturated/α-hetero) is 2. The highest BCUT2D eigenvalue weighted by Crippen LogP contribution is 2.17. The van der Waals surface area contributed by atoms with Crippen molar-refractivity contribution in [2.24, 2.45) is 0 Å². The summed E-state index contributed by atoms with van der Waals surface area (Å²) in [5.41, 5.74) is 1.12. The highest BCUT2D eigenvalue weighted by Gasteiger charge is 2.18. The maximum Gasteiger partial charge on any atom is 0.407 e. The van der Waals surface area contributed by atoms with Crippen LogP contribution in [0.1, 0.15) is 111 Å². The number of carboxylic acids is 2. The number of ketones is 2. The average Bonchev–Trinajstić information content (AvgIpc) is 3.36. The number of amides is 3. The van der Waals surface area contributed by atoms with Crippen LogP contribution in [0, 0.1) is 0 Å². The zero-order chi connectivity index (χ0) is 53.5. The molecule has 22 heteroatoms. The van der Waals surface area contributed by atoms with Gasteiger partial charge in [-0.15, -0.1) is 0 Å². The summed E-state index contributed by atoms with van der Waals surface area (Å²) in [6, 6.07) is 13.0. The molecule has 73 heavy (non-hydrogen) atoms. The van der Waals surface area contributed by atoms with Crippen molar-refractivity contribution in [2.75, 3.05) is 86.2 Å². The number of hydrogen-bond acceptors (Lipinski definition) is 17. The first-order valence-corrected chi connectivity index (χ1v) is 24.4. The minimum absolute atomic E-state index is 0.00492. The quantitative estimate of drug-likeness (QED) is 0.0157. The van der Waals surface area contributed by atoms with Crippen LogP contribution in [0.3, 0.4) is 0 Å². The number of hydrogen-bond donors (Lipinski definition) is 5. The molecule has 0 saturated carbocycles. The maximum absolute atomic E-state index is 12.8. The van der Waals surface area contributed by atoms with Crippen molar-refractivity contribution >= 4 is 47.8 Å². The monoisotopic (exact) mass is 1030 g/mol. The van der Waals surface area contributed by atoms with E-state index >= 15 is 0 Å². The molecule has 0 spiro atoms. The molecule has 2 aromatic carbocycles. The summed E-state index contributed by atoms with van der Waals surface area (Å²) in [4.78, 5) is 94.5. The molecule has 0 heterocycles. The Morgan fingerprint density at radius 3 is 1.44 bits per heavy atom. The smallest absolute Gasteiger partial charge is 0.407 e. The Hall–Kier alpha value is -6.78. The van der Waals surface area contributed by atoms with E-state index in [-0.39, 0.29) is 128 Å². The Labute approximate surface area is 426 Å². The number of ether oxygens (including phenoxy) is 9. The van der Waals surface area contributed by atoms with Gasteiger partial charge in [-0.25, -0.2) is 19.2 Å². The van der Waals surface area contributed by atoms with Crippen molar-refractivity contribution in [3.8, 4) is 11.5 Å². The lowest BCUT2D eigenvalue weighted by molar-refractivity contribution is -0.139. The molecule has 2 unspecified atom stereocenters. The Balaban J connectivity index is 1.88. The number of nitrogens with one attached hydrogen (secondary N) is 3. The number of unbranched alkanes of at least 4 members (excludes halogenated alkanes) is 3. The summed E-state index contributed by atoms with van der Waals surface area (Å²) >= 11 is 0. The van der Waals surface area contributed by atoms with Crippen LogP contribution < -0.4 is 25.4 Å². The average molecular weight is 1030 g/mol. The van der Waals surface area contributed by atoms with Gasteiger partial charge in [-0.1, -0.05) is 19.4 Å². The van der Waals surface area contributed by atoms with E-state index in [0.29, 0.717) is 55.0 Å². The van der Waals surface area contributed by atoms with E-state index in [0.717, 1.165) is 19.3 Å². The van der Waals surface area contributed by atoms with Crippen LogP contribution in [0.4, 0.5) is 14.4 Å². The Morgan fingerprint density at radius 2 is 0.973 bits per heavy atom. The largest absolute Gasteiger partial charge is 0.491 e. The van der Waals surface area contributed by atoms with Gasteiger partial charge in [-0.3, -0.25) is 19.2 Å². The molecule has 0 radical (unpaired) electrons. The van der Waals surface area contributed by atoms with Gasteiger partial charge >= 0.3 is 36.2 Å².